The van der Waals surface area contributed by atoms with Gasteiger partial charge in [-0.05, 0) is 54.2 Å². The highest BCUT2D eigenvalue weighted by Crippen LogP contribution is 2.82. The summed E-state index contributed by atoms with van der Waals surface area (Å²) in [6.45, 7) is 12.3. The number of fused-ring (bicyclic) bond motifs is 3. The second kappa shape index (κ2) is 6.44. The molecular weight excluding hydrogens is 432 g/mol. The summed E-state index contributed by atoms with van der Waals surface area (Å²) in [4.78, 5) is 25.3. The van der Waals surface area contributed by atoms with Crippen LogP contribution >= 0.6 is 0 Å². The van der Waals surface area contributed by atoms with Crippen LogP contribution in [0.5, 0.6) is 0 Å². The molecule has 3 saturated carbocycles. The van der Waals surface area contributed by atoms with Gasteiger partial charge in [-0.1, -0.05) is 40.7 Å². The summed E-state index contributed by atoms with van der Waals surface area (Å²) in [7, 11) is 0. The highest BCUT2D eigenvalue weighted by molar-refractivity contribution is 5.95. The molecule has 1 aliphatic heterocycles. The first-order chi connectivity index (χ1) is 15.9. The van der Waals surface area contributed by atoms with Gasteiger partial charge in [0.15, 0.2) is 5.78 Å². The summed E-state index contributed by atoms with van der Waals surface area (Å²) in [6.07, 6.45) is 8.35. The molecule has 1 N–H and O–H groups in total. The molecule has 6 nitrogen and oxygen atoms in total. The van der Waals surface area contributed by atoms with Gasteiger partial charge in [-0.3, -0.25) is 9.59 Å². The number of ketones is 1. The minimum Gasteiger partial charge on any atom is -0.472 e. The van der Waals surface area contributed by atoms with E-state index in [-0.39, 0.29) is 46.4 Å². The number of carbonyl (C=O) groups excluding carboxylic acids is 2. The molecule has 0 amide bonds. The maximum atomic E-state index is 12.9. The number of aliphatic hydroxyl groups excluding tert-OH is 1. The molecule has 4 unspecified atom stereocenters. The summed E-state index contributed by atoms with van der Waals surface area (Å²) in [6, 6.07) is 1.95. The van der Waals surface area contributed by atoms with Crippen molar-refractivity contribution in [3.63, 3.8) is 0 Å². The van der Waals surface area contributed by atoms with Crippen molar-refractivity contribution in [1.82, 2.24) is 0 Å². The molecule has 0 radical (unpaired) electrons. The van der Waals surface area contributed by atoms with Gasteiger partial charge in [-0.15, -0.1) is 0 Å². The van der Waals surface area contributed by atoms with Crippen LogP contribution in [0.4, 0.5) is 0 Å². The Kier molecular flexibility index (Phi) is 4.27. The van der Waals surface area contributed by atoms with E-state index in [0.717, 1.165) is 18.4 Å². The average Bonchev–Trinajstić information content (AvgIpc) is 3.24. The fourth-order valence-electron chi connectivity index (χ4n) is 9.82. The van der Waals surface area contributed by atoms with Crippen molar-refractivity contribution in [1.29, 1.82) is 0 Å². The van der Waals surface area contributed by atoms with Gasteiger partial charge in [0, 0.05) is 29.1 Å². The second-order valence-corrected chi connectivity index (χ2v) is 12.8. The highest BCUT2D eigenvalue weighted by Gasteiger charge is 2.89. The summed E-state index contributed by atoms with van der Waals surface area (Å²) in [5.41, 5.74) is -1.24. The smallest absolute Gasteiger partial charge is 0.302 e. The quantitative estimate of drug-likeness (QED) is 0.511. The van der Waals surface area contributed by atoms with Crippen LogP contribution in [0.15, 0.2) is 35.2 Å². The van der Waals surface area contributed by atoms with Crippen molar-refractivity contribution in [3.8, 4) is 0 Å². The lowest BCUT2D eigenvalue weighted by Crippen LogP contribution is -2.70. The van der Waals surface area contributed by atoms with Gasteiger partial charge in [-0.2, -0.15) is 0 Å². The summed E-state index contributed by atoms with van der Waals surface area (Å²) >= 11 is 0. The van der Waals surface area contributed by atoms with E-state index in [1.165, 1.54) is 6.92 Å². The molecule has 1 saturated heterocycles. The lowest BCUT2D eigenvalue weighted by atomic mass is 9.36. The van der Waals surface area contributed by atoms with Gasteiger partial charge in [0.1, 0.15) is 17.8 Å². The molecule has 0 aromatic carbocycles. The summed E-state index contributed by atoms with van der Waals surface area (Å²) in [5.74, 6) is -0.0918. The second-order valence-electron chi connectivity index (χ2n) is 12.8. The monoisotopic (exact) mass is 468 g/mol. The number of esters is 1. The molecule has 184 valence electrons. The van der Waals surface area contributed by atoms with E-state index in [4.69, 9.17) is 13.9 Å². The van der Waals surface area contributed by atoms with Crippen molar-refractivity contribution in [2.45, 2.75) is 90.6 Å². The number of hydrogen-bond acceptors (Lipinski definition) is 6. The fraction of sp³-hybridized carbons (Fsp3) is 0.714. The van der Waals surface area contributed by atoms with E-state index in [1.54, 1.807) is 18.6 Å². The Bertz CT molecular complexity index is 1090. The zero-order chi connectivity index (χ0) is 24.5. The Morgan fingerprint density at radius 1 is 1.18 bits per heavy atom. The Morgan fingerprint density at radius 2 is 1.91 bits per heavy atom. The summed E-state index contributed by atoms with van der Waals surface area (Å²) < 4.78 is 18.2. The van der Waals surface area contributed by atoms with Crippen LogP contribution in [0.25, 0.3) is 0 Å². The number of aliphatic hydroxyl groups is 1. The molecule has 0 bridgehead atoms. The predicted octanol–water partition coefficient (Wildman–Crippen LogP) is 4.42. The molecule has 1 spiro atoms. The number of furan rings is 1. The third-order valence-corrected chi connectivity index (χ3v) is 11.3. The Labute approximate surface area is 201 Å². The molecule has 6 rings (SSSR count). The van der Waals surface area contributed by atoms with Gasteiger partial charge in [-0.25, -0.2) is 0 Å². The van der Waals surface area contributed by atoms with Crippen LogP contribution in [-0.2, 0) is 19.1 Å². The molecular formula is C28H36O6. The molecule has 1 aromatic rings. The first kappa shape index (κ1) is 22.5. The normalized spacial score (nSPS) is 52.3. The third kappa shape index (κ3) is 2.26. The third-order valence-electron chi connectivity index (χ3n) is 11.3. The first-order valence-electron chi connectivity index (χ1n) is 12.6. The molecule has 1 aromatic heterocycles. The van der Waals surface area contributed by atoms with Crippen molar-refractivity contribution >= 4 is 11.8 Å². The highest BCUT2D eigenvalue weighted by atomic mass is 16.6. The minimum absolute atomic E-state index is 0.0499. The lowest BCUT2D eigenvalue weighted by molar-refractivity contribution is -0.233. The van der Waals surface area contributed by atoms with Crippen LogP contribution in [0, 0.1) is 33.5 Å². The molecule has 4 aliphatic carbocycles. The van der Waals surface area contributed by atoms with Crippen molar-refractivity contribution in [2.24, 2.45) is 33.5 Å². The fourth-order valence-corrected chi connectivity index (χ4v) is 9.82. The van der Waals surface area contributed by atoms with Crippen LogP contribution in [0.1, 0.15) is 72.3 Å². The number of hydrogen-bond donors (Lipinski definition) is 1. The minimum atomic E-state index is -0.651. The maximum absolute atomic E-state index is 12.9. The van der Waals surface area contributed by atoms with E-state index < -0.39 is 28.6 Å². The molecule has 6 heteroatoms. The average molecular weight is 469 g/mol. The number of epoxide rings is 1. The maximum Gasteiger partial charge on any atom is 0.302 e. The van der Waals surface area contributed by atoms with Crippen LogP contribution in [-0.4, -0.2) is 40.8 Å². The van der Waals surface area contributed by atoms with E-state index in [9.17, 15) is 14.7 Å². The SMILES string of the molecule is CC(=O)OC1CC2C(C)(C)C(=O)C=C[C@]2(C)C2CCC3(C)[C@@H](c4ccoc4)[C@@H](O)[C@H]4O[C@]43[C@]12C. The van der Waals surface area contributed by atoms with Gasteiger partial charge in [0.25, 0.3) is 0 Å². The van der Waals surface area contributed by atoms with Gasteiger partial charge in [0.2, 0.25) is 0 Å². The molecule has 2 heterocycles. The Balaban J connectivity index is 1.54. The topological polar surface area (TPSA) is 89.3 Å². The van der Waals surface area contributed by atoms with Crippen molar-refractivity contribution in [2.75, 3.05) is 0 Å². The van der Waals surface area contributed by atoms with Crippen LogP contribution in [0.2, 0.25) is 0 Å². The number of ether oxygens (including phenoxy) is 2. The van der Waals surface area contributed by atoms with E-state index in [0.29, 0.717) is 6.42 Å². The zero-order valence-corrected chi connectivity index (χ0v) is 21.0. The standard InChI is InChI=1S/C28H36O6/c1-15(29)33-20-13-18-24(2,3)19(30)8-10-25(18,4)17-7-11-26(5)21(16-9-12-32-14-16)22(31)23-28(26,34-23)27(17,20)6/h8-10,12,14,17-18,20-23,31H,7,11,13H2,1-6H3/t17?,18?,20?,21-,22+,23+,25+,26?,27-,28+/m0/s1. The lowest BCUT2D eigenvalue weighted by Gasteiger charge is -2.67. The Hall–Kier alpha value is -1.92. The van der Waals surface area contributed by atoms with Crippen molar-refractivity contribution < 1.29 is 28.6 Å². The number of carbonyl (C=O) groups is 2. The van der Waals surface area contributed by atoms with E-state index >= 15 is 0 Å². The Morgan fingerprint density at radius 3 is 2.56 bits per heavy atom. The molecule has 10 atom stereocenters. The van der Waals surface area contributed by atoms with Crippen LogP contribution < -0.4 is 0 Å². The summed E-state index contributed by atoms with van der Waals surface area (Å²) in [5, 5.41) is 11.5. The largest absolute Gasteiger partial charge is 0.472 e. The number of rotatable bonds is 2. The first-order valence-corrected chi connectivity index (χ1v) is 12.6. The van der Waals surface area contributed by atoms with Crippen LogP contribution in [0.3, 0.4) is 0 Å². The van der Waals surface area contributed by atoms with Crippen molar-refractivity contribution in [3.05, 3.63) is 36.3 Å². The van der Waals surface area contributed by atoms with E-state index in [2.05, 4.69) is 26.8 Å². The van der Waals surface area contributed by atoms with Gasteiger partial charge < -0.3 is 19.0 Å². The predicted molar refractivity (Wildman–Crippen MR) is 124 cm³/mol. The van der Waals surface area contributed by atoms with Gasteiger partial charge in [0.05, 0.1) is 18.6 Å². The van der Waals surface area contributed by atoms with E-state index in [1.807, 2.05) is 19.9 Å². The molecule has 4 fully saturated rings. The molecule has 5 aliphatic rings. The van der Waals surface area contributed by atoms with Gasteiger partial charge >= 0.3 is 5.97 Å². The molecule has 34 heavy (non-hydrogen) atoms. The number of allylic oxidation sites excluding steroid dienone is 2. The zero-order valence-electron chi connectivity index (χ0n) is 21.0.